The smallest absolute Gasteiger partial charge is 0.173 e. The van der Waals surface area contributed by atoms with E-state index in [-0.39, 0.29) is 0 Å². The number of anilines is 1. The van der Waals surface area contributed by atoms with E-state index >= 15 is 0 Å². The molecule has 28 heavy (non-hydrogen) atoms. The maximum atomic E-state index is 5.78. The lowest BCUT2D eigenvalue weighted by Gasteiger charge is -2.33. The van der Waals surface area contributed by atoms with Gasteiger partial charge in [-0.05, 0) is 62.4 Å². The highest BCUT2D eigenvalue weighted by molar-refractivity contribution is 7.80. The average Bonchev–Trinajstić information content (AvgIpc) is 3.22. The highest BCUT2D eigenvalue weighted by atomic mass is 32.1. The van der Waals surface area contributed by atoms with Crippen molar-refractivity contribution < 1.29 is 4.42 Å². The van der Waals surface area contributed by atoms with Crippen LogP contribution >= 0.6 is 12.2 Å². The fraction of sp³-hybridized carbons (Fsp3) is 0.500. The van der Waals surface area contributed by atoms with Gasteiger partial charge in [0.1, 0.15) is 5.76 Å². The van der Waals surface area contributed by atoms with Crippen LogP contribution < -0.4 is 5.32 Å². The van der Waals surface area contributed by atoms with Gasteiger partial charge in [-0.3, -0.25) is 0 Å². The molecule has 0 aliphatic carbocycles. The van der Waals surface area contributed by atoms with Gasteiger partial charge in [0.2, 0.25) is 0 Å². The van der Waals surface area contributed by atoms with Crippen molar-refractivity contribution in [2.24, 2.45) is 0 Å². The number of para-hydroxylation sites is 1. The number of nitrogens with zero attached hydrogens (tertiary/aromatic N) is 3. The number of furan rings is 1. The van der Waals surface area contributed by atoms with E-state index in [1.54, 1.807) is 6.26 Å². The normalized spacial score (nSPS) is 15.5. The zero-order valence-corrected chi connectivity index (χ0v) is 17.9. The Hall–Kier alpha value is -1.89. The molecule has 2 aromatic rings. The topological polar surface area (TPSA) is 34.9 Å². The summed E-state index contributed by atoms with van der Waals surface area (Å²) in [4.78, 5) is 7.16. The van der Waals surface area contributed by atoms with Crippen molar-refractivity contribution in [2.75, 3.05) is 51.6 Å². The predicted octanol–water partition coefficient (Wildman–Crippen LogP) is 3.68. The molecule has 1 aliphatic rings. The van der Waals surface area contributed by atoms with Crippen LogP contribution in [0.25, 0.3) is 0 Å². The first kappa shape index (κ1) is 20.8. The lowest BCUT2D eigenvalue weighted by atomic mass is 10.1. The molecule has 5 nitrogen and oxygen atoms in total. The Labute approximate surface area is 174 Å². The van der Waals surface area contributed by atoms with Crippen LogP contribution in [-0.4, -0.2) is 66.1 Å². The Bertz CT molecular complexity index is 726. The van der Waals surface area contributed by atoms with Crippen molar-refractivity contribution in [1.82, 2.24) is 14.7 Å². The molecule has 0 saturated carbocycles. The molecule has 1 fully saturated rings. The molecule has 0 unspecified atom stereocenters. The molecule has 2 heterocycles. The van der Waals surface area contributed by atoms with Crippen molar-refractivity contribution in [3.63, 3.8) is 0 Å². The van der Waals surface area contributed by atoms with Crippen LogP contribution in [0.5, 0.6) is 0 Å². The summed E-state index contributed by atoms with van der Waals surface area (Å²) in [6.45, 7) is 9.50. The van der Waals surface area contributed by atoms with Gasteiger partial charge in [-0.15, -0.1) is 0 Å². The van der Waals surface area contributed by atoms with Crippen molar-refractivity contribution in [3.05, 3.63) is 54.0 Å². The zero-order valence-electron chi connectivity index (χ0n) is 17.1. The summed E-state index contributed by atoms with van der Waals surface area (Å²) in [6.07, 6.45) is 3.79. The third-order valence-corrected chi connectivity index (χ3v) is 5.71. The second kappa shape index (κ2) is 10.6. The summed E-state index contributed by atoms with van der Waals surface area (Å²) in [5, 5.41) is 4.22. The second-order valence-electron chi connectivity index (χ2n) is 7.44. The minimum Gasteiger partial charge on any atom is -0.467 e. The third-order valence-electron chi connectivity index (χ3n) is 5.35. The minimum absolute atomic E-state index is 0.690. The van der Waals surface area contributed by atoms with Crippen LogP contribution in [0.4, 0.5) is 5.69 Å². The molecule has 152 valence electrons. The molecule has 1 aromatic heterocycles. The zero-order chi connectivity index (χ0) is 19.8. The van der Waals surface area contributed by atoms with Crippen LogP contribution in [0.1, 0.15) is 24.7 Å². The number of aryl methyl sites for hydroxylation is 1. The lowest BCUT2D eigenvalue weighted by molar-refractivity contribution is 0.149. The van der Waals surface area contributed by atoms with E-state index in [1.807, 2.05) is 18.2 Å². The monoisotopic (exact) mass is 400 g/mol. The molecule has 6 heteroatoms. The Morgan fingerprint density at radius 2 is 1.93 bits per heavy atom. The maximum Gasteiger partial charge on any atom is 0.173 e. The van der Waals surface area contributed by atoms with Gasteiger partial charge in [0.25, 0.3) is 0 Å². The number of rotatable bonds is 8. The van der Waals surface area contributed by atoms with Crippen LogP contribution in [0.15, 0.2) is 47.1 Å². The maximum absolute atomic E-state index is 5.78. The molecule has 1 saturated heterocycles. The number of nitrogens with one attached hydrogen (secondary N) is 1. The predicted molar refractivity (Wildman–Crippen MR) is 120 cm³/mol. The van der Waals surface area contributed by atoms with Gasteiger partial charge in [-0.1, -0.05) is 25.1 Å². The summed E-state index contributed by atoms with van der Waals surface area (Å²) >= 11 is 5.78. The fourth-order valence-corrected chi connectivity index (χ4v) is 3.81. The molecule has 3 rings (SSSR count). The SMILES string of the molecule is CCc1ccccc1NC(=S)N(CCCN1CCN(C)CC1)Cc1ccco1. The van der Waals surface area contributed by atoms with E-state index in [4.69, 9.17) is 16.6 Å². The Balaban J connectivity index is 1.58. The quantitative estimate of drug-likeness (QED) is 0.681. The van der Waals surface area contributed by atoms with Crippen LogP contribution in [0, 0.1) is 0 Å². The van der Waals surface area contributed by atoms with Crippen molar-refractivity contribution in [1.29, 1.82) is 0 Å². The molecule has 0 amide bonds. The average molecular weight is 401 g/mol. The molecule has 1 N–H and O–H groups in total. The van der Waals surface area contributed by atoms with Crippen molar-refractivity contribution >= 4 is 23.0 Å². The molecule has 1 aromatic carbocycles. The first-order valence-electron chi connectivity index (χ1n) is 10.2. The van der Waals surface area contributed by atoms with Crippen molar-refractivity contribution in [3.8, 4) is 0 Å². The van der Waals surface area contributed by atoms with Gasteiger partial charge in [-0.25, -0.2) is 0 Å². The third kappa shape index (κ3) is 6.06. The number of thiocarbonyl (C=S) groups is 1. The van der Waals surface area contributed by atoms with Gasteiger partial charge < -0.3 is 24.4 Å². The molecule has 1 aliphatic heterocycles. The van der Waals surface area contributed by atoms with Crippen LogP contribution in [0.2, 0.25) is 0 Å². The van der Waals surface area contributed by atoms with Gasteiger partial charge in [0.15, 0.2) is 5.11 Å². The highest BCUT2D eigenvalue weighted by Gasteiger charge is 2.16. The van der Waals surface area contributed by atoms with Gasteiger partial charge >= 0.3 is 0 Å². The van der Waals surface area contributed by atoms with Crippen LogP contribution in [-0.2, 0) is 13.0 Å². The van der Waals surface area contributed by atoms with E-state index in [2.05, 4.69) is 52.2 Å². The van der Waals surface area contributed by atoms with Gasteiger partial charge in [-0.2, -0.15) is 0 Å². The van der Waals surface area contributed by atoms with Crippen molar-refractivity contribution in [2.45, 2.75) is 26.3 Å². The Morgan fingerprint density at radius 3 is 2.64 bits per heavy atom. The molecular weight excluding hydrogens is 368 g/mol. The van der Waals surface area contributed by atoms with E-state index < -0.39 is 0 Å². The second-order valence-corrected chi connectivity index (χ2v) is 7.83. The molecule has 0 atom stereocenters. The summed E-state index contributed by atoms with van der Waals surface area (Å²) in [7, 11) is 2.20. The van der Waals surface area contributed by atoms with Crippen LogP contribution in [0.3, 0.4) is 0 Å². The molecule has 0 bridgehead atoms. The lowest BCUT2D eigenvalue weighted by Crippen LogP contribution is -2.45. The van der Waals surface area contributed by atoms with E-state index in [0.29, 0.717) is 6.54 Å². The standard InChI is InChI=1S/C22H32N4OS/c1-3-19-8-4-5-10-21(19)23-22(28)26(18-20-9-6-17-27-20)12-7-11-25-15-13-24(2)14-16-25/h4-6,8-10,17H,3,7,11-16,18H2,1-2H3,(H,23,28). The van der Waals surface area contributed by atoms with E-state index in [0.717, 1.165) is 68.7 Å². The molecule has 0 radical (unpaired) electrons. The summed E-state index contributed by atoms with van der Waals surface area (Å²) in [5.41, 5.74) is 2.37. The summed E-state index contributed by atoms with van der Waals surface area (Å²) < 4.78 is 5.57. The molecule has 0 spiro atoms. The Kier molecular flexibility index (Phi) is 7.89. The van der Waals surface area contributed by atoms with Gasteiger partial charge in [0, 0.05) is 38.4 Å². The van der Waals surface area contributed by atoms with Gasteiger partial charge in [0.05, 0.1) is 12.8 Å². The number of hydrogen-bond donors (Lipinski definition) is 1. The van der Waals surface area contributed by atoms with E-state index in [9.17, 15) is 0 Å². The summed E-state index contributed by atoms with van der Waals surface area (Å²) in [6, 6.07) is 12.3. The largest absolute Gasteiger partial charge is 0.467 e. The highest BCUT2D eigenvalue weighted by Crippen LogP contribution is 2.17. The first-order chi connectivity index (χ1) is 13.7. The molecular formula is C22H32N4OS. The Morgan fingerprint density at radius 1 is 1.14 bits per heavy atom. The number of likely N-dealkylation sites (N-methyl/N-ethyl adjacent to an activating group) is 1. The van der Waals surface area contributed by atoms with E-state index in [1.165, 1.54) is 5.56 Å². The first-order valence-corrected chi connectivity index (χ1v) is 10.6. The number of hydrogen-bond acceptors (Lipinski definition) is 4. The number of piperazine rings is 1. The summed E-state index contributed by atoms with van der Waals surface area (Å²) in [5.74, 6) is 0.938. The minimum atomic E-state index is 0.690. The number of benzene rings is 1. The fourth-order valence-electron chi connectivity index (χ4n) is 3.54.